The van der Waals surface area contributed by atoms with Crippen LogP contribution in [0.5, 0.6) is 5.75 Å². The first-order valence-electron chi connectivity index (χ1n) is 8.31. The molecule has 0 saturated heterocycles. The second-order valence-electron chi connectivity index (χ2n) is 5.91. The second-order valence-corrected chi connectivity index (χ2v) is 7.81. The average Bonchev–Trinajstić information content (AvgIpc) is 2.64. The van der Waals surface area contributed by atoms with E-state index in [1.165, 1.54) is 7.11 Å². The van der Waals surface area contributed by atoms with Crippen molar-refractivity contribution in [3.63, 3.8) is 0 Å². The standard InChI is InChI=1S/C19H24N2O4S/c1-4-18(15-8-6-5-7-9-15)20-19(22)14-21(26(3,23)24)16-10-12-17(25-2)13-11-16/h5-13,18H,4,14H2,1-3H3,(H,20,22). The van der Waals surface area contributed by atoms with Gasteiger partial charge >= 0.3 is 0 Å². The van der Waals surface area contributed by atoms with Crippen molar-refractivity contribution in [3.05, 3.63) is 60.2 Å². The van der Waals surface area contributed by atoms with E-state index in [2.05, 4.69) is 5.32 Å². The number of carbonyl (C=O) groups is 1. The first-order chi connectivity index (χ1) is 12.3. The van der Waals surface area contributed by atoms with Crippen LogP contribution < -0.4 is 14.4 Å². The molecular weight excluding hydrogens is 352 g/mol. The lowest BCUT2D eigenvalue weighted by Gasteiger charge is -2.24. The number of methoxy groups -OCH3 is 1. The summed E-state index contributed by atoms with van der Waals surface area (Å²) < 4.78 is 30.5. The number of hydrogen-bond acceptors (Lipinski definition) is 4. The summed E-state index contributed by atoms with van der Waals surface area (Å²) in [4.78, 5) is 12.5. The molecule has 0 heterocycles. The summed E-state index contributed by atoms with van der Waals surface area (Å²) in [6, 6.07) is 16.0. The molecule has 6 nitrogen and oxygen atoms in total. The van der Waals surface area contributed by atoms with Gasteiger partial charge in [0.1, 0.15) is 12.3 Å². The van der Waals surface area contributed by atoms with Crippen LogP contribution in [0.1, 0.15) is 24.9 Å². The van der Waals surface area contributed by atoms with Crippen molar-refractivity contribution in [3.8, 4) is 5.75 Å². The Kier molecular flexibility index (Phi) is 6.63. The molecule has 2 rings (SSSR count). The van der Waals surface area contributed by atoms with E-state index < -0.39 is 10.0 Å². The maximum absolute atomic E-state index is 12.5. The van der Waals surface area contributed by atoms with Crippen molar-refractivity contribution in [1.82, 2.24) is 5.32 Å². The Morgan fingerprint density at radius 1 is 1.12 bits per heavy atom. The molecule has 0 bridgehead atoms. The molecule has 0 radical (unpaired) electrons. The molecule has 1 atom stereocenters. The maximum atomic E-state index is 12.5. The molecule has 0 aliphatic rings. The van der Waals surface area contributed by atoms with Crippen LogP contribution in [0.2, 0.25) is 0 Å². The van der Waals surface area contributed by atoms with Gasteiger partial charge in [0.2, 0.25) is 15.9 Å². The van der Waals surface area contributed by atoms with E-state index in [0.717, 1.165) is 16.1 Å². The number of rotatable bonds is 8. The number of nitrogens with one attached hydrogen (secondary N) is 1. The van der Waals surface area contributed by atoms with Gasteiger partial charge in [-0.1, -0.05) is 37.3 Å². The number of hydrogen-bond donors (Lipinski definition) is 1. The monoisotopic (exact) mass is 376 g/mol. The van der Waals surface area contributed by atoms with Gasteiger partial charge in [0, 0.05) is 0 Å². The molecule has 2 aromatic rings. The first kappa shape index (κ1) is 19.8. The minimum absolute atomic E-state index is 0.166. The summed E-state index contributed by atoms with van der Waals surface area (Å²) in [5.41, 5.74) is 1.40. The summed E-state index contributed by atoms with van der Waals surface area (Å²) in [7, 11) is -2.08. The fourth-order valence-corrected chi connectivity index (χ4v) is 3.48. The van der Waals surface area contributed by atoms with Crippen molar-refractivity contribution in [2.45, 2.75) is 19.4 Å². The number of amides is 1. The number of anilines is 1. The van der Waals surface area contributed by atoms with Gasteiger partial charge in [-0.15, -0.1) is 0 Å². The van der Waals surface area contributed by atoms with Crippen LogP contribution >= 0.6 is 0 Å². The number of ether oxygens (including phenoxy) is 1. The third-order valence-electron chi connectivity index (χ3n) is 3.99. The van der Waals surface area contributed by atoms with Gasteiger partial charge in [0.15, 0.2) is 0 Å². The third kappa shape index (κ3) is 5.23. The molecule has 140 valence electrons. The van der Waals surface area contributed by atoms with Crippen LogP contribution in [-0.2, 0) is 14.8 Å². The molecule has 0 aromatic heterocycles. The Balaban J connectivity index is 2.16. The second kappa shape index (κ2) is 8.71. The van der Waals surface area contributed by atoms with E-state index in [-0.39, 0.29) is 18.5 Å². The van der Waals surface area contributed by atoms with Crippen molar-refractivity contribution in [2.24, 2.45) is 0 Å². The van der Waals surface area contributed by atoms with Gasteiger partial charge in [-0.05, 0) is 36.2 Å². The lowest BCUT2D eigenvalue weighted by Crippen LogP contribution is -2.41. The summed E-state index contributed by atoms with van der Waals surface area (Å²) in [5, 5.41) is 2.91. The van der Waals surface area contributed by atoms with Gasteiger partial charge < -0.3 is 10.1 Å². The smallest absolute Gasteiger partial charge is 0.241 e. The van der Waals surface area contributed by atoms with Crippen molar-refractivity contribution >= 4 is 21.6 Å². The SMILES string of the molecule is CCC(NC(=O)CN(c1ccc(OC)cc1)S(C)(=O)=O)c1ccccc1. The van der Waals surface area contributed by atoms with E-state index in [0.29, 0.717) is 17.9 Å². The third-order valence-corrected chi connectivity index (χ3v) is 5.13. The first-order valence-corrected chi connectivity index (χ1v) is 10.2. The Bertz CT molecular complexity index is 820. The van der Waals surface area contributed by atoms with Crippen molar-refractivity contribution < 1.29 is 17.9 Å². The largest absolute Gasteiger partial charge is 0.497 e. The van der Waals surface area contributed by atoms with Crippen LogP contribution in [0, 0.1) is 0 Å². The van der Waals surface area contributed by atoms with Gasteiger partial charge in [0.25, 0.3) is 0 Å². The zero-order valence-corrected chi connectivity index (χ0v) is 16.0. The average molecular weight is 376 g/mol. The molecule has 0 fully saturated rings. The van der Waals surface area contributed by atoms with Crippen LogP contribution in [0.25, 0.3) is 0 Å². The number of nitrogens with zero attached hydrogens (tertiary/aromatic N) is 1. The summed E-state index contributed by atoms with van der Waals surface area (Å²) >= 11 is 0. The van der Waals surface area contributed by atoms with Crippen LogP contribution in [0.15, 0.2) is 54.6 Å². The topological polar surface area (TPSA) is 75.7 Å². The highest BCUT2D eigenvalue weighted by molar-refractivity contribution is 7.92. The lowest BCUT2D eigenvalue weighted by molar-refractivity contribution is -0.120. The summed E-state index contributed by atoms with van der Waals surface area (Å²) in [5.74, 6) is 0.253. The van der Waals surface area contributed by atoms with Crippen LogP contribution in [0.4, 0.5) is 5.69 Å². The molecule has 0 aliphatic heterocycles. The van der Waals surface area contributed by atoms with E-state index in [9.17, 15) is 13.2 Å². The normalized spacial score (nSPS) is 12.3. The molecule has 0 saturated carbocycles. The minimum atomic E-state index is -3.61. The van der Waals surface area contributed by atoms with Gasteiger partial charge in [-0.2, -0.15) is 0 Å². The quantitative estimate of drug-likeness (QED) is 0.769. The van der Waals surface area contributed by atoms with Crippen LogP contribution in [-0.4, -0.2) is 34.2 Å². The molecule has 0 aliphatic carbocycles. The van der Waals surface area contributed by atoms with Gasteiger partial charge in [-0.25, -0.2) is 8.42 Å². The molecule has 7 heteroatoms. The number of carbonyl (C=O) groups excluding carboxylic acids is 1. The minimum Gasteiger partial charge on any atom is -0.497 e. The van der Waals surface area contributed by atoms with Gasteiger partial charge in [0.05, 0.1) is 25.1 Å². The predicted molar refractivity (Wildman–Crippen MR) is 103 cm³/mol. The van der Waals surface area contributed by atoms with E-state index in [1.54, 1.807) is 24.3 Å². The predicted octanol–water partition coefficient (Wildman–Crippen LogP) is 2.73. The van der Waals surface area contributed by atoms with Crippen molar-refractivity contribution in [2.75, 3.05) is 24.2 Å². The highest BCUT2D eigenvalue weighted by atomic mass is 32.2. The highest BCUT2D eigenvalue weighted by Crippen LogP contribution is 2.22. The zero-order valence-electron chi connectivity index (χ0n) is 15.2. The zero-order chi connectivity index (χ0) is 19.2. The van der Waals surface area contributed by atoms with Crippen molar-refractivity contribution in [1.29, 1.82) is 0 Å². The lowest BCUT2D eigenvalue weighted by atomic mass is 10.0. The molecular formula is C19H24N2O4S. The Labute approximate surface area is 154 Å². The highest BCUT2D eigenvalue weighted by Gasteiger charge is 2.22. The summed E-state index contributed by atoms with van der Waals surface area (Å²) in [6.07, 6.45) is 1.79. The molecule has 1 amide bonds. The van der Waals surface area contributed by atoms with Gasteiger partial charge in [-0.3, -0.25) is 9.10 Å². The summed E-state index contributed by atoms with van der Waals surface area (Å²) in [6.45, 7) is 1.68. The molecule has 1 unspecified atom stereocenters. The Morgan fingerprint density at radius 2 is 1.73 bits per heavy atom. The fourth-order valence-electron chi connectivity index (χ4n) is 2.63. The molecule has 2 aromatic carbocycles. The fraction of sp³-hybridized carbons (Fsp3) is 0.316. The van der Waals surface area contributed by atoms with Crippen LogP contribution in [0.3, 0.4) is 0 Å². The van der Waals surface area contributed by atoms with E-state index in [4.69, 9.17) is 4.74 Å². The number of sulfonamides is 1. The number of benzene rings is 2. The molecule has 26 heavy (non-hydrogen) atoms. The Morgan fingerprint density at radius 3 is 2.23 bits per heavy atom. The molecule has 1 N–H and O–H groups in total. The molecule has 0 spiro atoms. The maximum Gasteiger partial charge on any atom is 0.241 e. The Hall–Kier alpha value is -2.54. The van der Waals surface area contributed by atoms with E-state index >= 15 is 0 Å². The van der Waals surface area contributed by atoms with E-state index in [1.807, 2.05) is 37.3 Å².